The Labute approximate surface area is 74.6 Å². The monoisotopic (exact) mass is 183 g/mol. The van der Waals surface area contributed by atoms with E-state index in [4.69, 9.17) is 10.8 Å². The maximum atomic E-state index is 10.8. The number of primary amides is 1. The Balaban J connectivity index is 3.21. The average molecular weight is 183 g/mol. The largest absolute Gasteiger partial charge is 0.508 e. The van der Waals surface area contributed by atoms with Gasteiger partial charge in [-0.05, 0) is 24.5 Å². The fourth-order valence-corrected chi connectivity index (χ4v) is 1.47. The summed E-state index contributed by atoms with van der Waals surface area (Å²) in [6, 6.07) is 4.56. The van der Waals surface area contributed by atoms with Gasteiger partial charge in [-0.15, -0.1) is 11.8 Å². The Kier molecular flexibility index (Phi) is 2.60. The average Bonchev–Trinajstić information content (AvgIpc) is 2.04. The lowest BCUT2D eigenvalue weighted by Gasteiger charge is -2.02. The van der Waals surface area contributed by atoms with Crippen LogP contribution >= 0.6 is 11.8 Å². The van der Waals surface area contributed by atoms with Crippen LogP contribution in [0.3, 0.4) is 0 Å². The molecule has 0 aromatic heterocycles. The van der Waals surface area contributed by atoms with E-state index in [1.165, 1.54) is 23.9 Å². The quantitative estimate of drug-likeness (QED) is 0.677. The van der Waals surface area contributed by atoms with Crippen molar-refractivity contribution in [3.05, 3.63) is 23.8 Å². The molecule has 1 rings (SSSR count). The molecule has 0 aliphatic heterocycles. The van der Waals surface area contributed by atoms with Crippen LogP contribution in [0.15, 0.2) is 23.1 Å². The molecule has 0 spiro atoms. The van der Waals surface area contributed by atoms with Crippen molar-refractivity contribution in [2.24, 2.45) is 5.73 Å². The smallest absolute Gasteiger partial charge is 0.249 e. The van der Waals surface area contributed by atoms with Crippen molar-refractivity contribution in [3.8, 4) is 5.75 Å². The molecule has 12 heavy (non-hydrogen) atoms. The molecular formula is C8H9NO2S. The van der Waals surface area contributed by atoms with Crippen LogP contribution in [0.5, 0.6) is 5.75 Å². The summed E-state index contributed by atoms with van der Waals surface area (Å²) in [5, 5.41) is 9.06. The molecule has 3 nitrogen and oxygen atoms in total. The second-order valence-electron chi connectivity index (χ2n) is 2.25. The van der Waals surface area contributed by atoms with Crippen molar-refractivity contribution < 1.29 is 9.90 Å². The predicted octanol–water partition coefficient (Wildman–Crippen LogP) is 1.21. The lowest BCUT2D eigenvalue weighted by molar-refractivity contribution is 0.0997. The van der Waals surface area contributed by atoms with Gasteiger partial charge < -0.3 is 10.8 Å². The molecular weight excluding hydrogens is 174 g/mol. The molecule has 0 saturated carbocycles. The number of nitrogens with two attached hydrogens (primary N) is 1. The van der Waals surface area contributed by atoms with E-state index >= 15 is 0 Å². The van der Waals surface area contributed by atoms with Crippen molar-refractivity contribution in [1.29, 1.82) is 0 Å². The molecule has 0 aliphatic rings. The normalized spacial score (nSPS) is 9.75. The summed E-state index contributed by atoms with van der Waals surface area (Å²) < 4.78 is 0. The number of benzene rings is 1. The van der Waals surface area contributed by atoms with E-state index in [9.17, 15) is 4.79 Å². The Morgan fingerprint density at radius 2 is 2.25 bits per heavy atom. The number of carbonyl (C=O) groups is 1. The van der Waals surface area contributed by atoms with Gasteiger partial charge in [0.2, 0.25) is 5.91 Å². The number of hydrogen-bond donors (Lipinski definition) is 2. The minimum Gasteiger partial charge on any atom is -0.508 e. The maximum Gasteiger partial charge on any atom is 0.249 e. The van der Waals surface area contributed by atoms with Gasteiger partial charge in [0, 0.05) is 4.90 Å². The van der Waals surface area contributed by atoms with Crippen LogP contribution in [-0.2, 0) is 0 Å². The highest BCUT2D eigenvalue weighted by molar-refractivity contribution is 7.98. The molecule has 0 fully saturated rings. The lowest BCUT2D eigenvalue weighted by atomic mass is 10.2. The van der Waals surface area contributed by atoms with Crippen LogP contribution < -0.4 is 5.73 Å². The summed E-state index contributed by atoms with van der Waals surface area (Å²) in [4.78, 5) is 11.6. The second kappa shape index (κ2) is 3.49. The molecule has 0 radical (unpaired) electrons. The minimum atomic E-state index is -0.518. The molecule has 0 unspecified atom stereocenters. The Hall–Kier alpha value is -1.16. The zero-order valence-electron chi connectivity index (χ0n) is 6.57. The molecule has 0 aliphatic carbocycles. The number of hydrogen-bond acceptors (Lipinski definition) is 3. The number of thioether (sulfide) groups is 1. The summed E-state index contributed by atoms with van der Waals surface area (Å²) in [6.45, 7) is 0. The van der Waals surface area contributed by atoms with Crippen molar-refractivity contribution in [1.82, 2.24) is 0 Å². The molecule has 0 atom stereocenters. The highest BCUT2D eigenvalue weighted by Gasteiger charge is 2.07. The summed E-state index contributed by atoms with van der Waals surface area (Å²) in [6.07, 6.45) is 1.85. The zero-order chi connectivity index (χ0) is 9.14. The van der Waals surface area contributed by atoms with Gasteiger partial charge in [-0.3, -0.25) is 4.79 Å². The molecule has 1 amide bonds. The molecule has 3 N–H and O–H groups in total. The van der Waals surface area contributed by atoms with E-state index in [1.54, 1.807) is 6.07 Å². The first-order valence-electron chi connectivity index (χ1n) is 3.32. The van der Waals surface area contributed by atoms with Gasteiger partial charge in [0.15, 0.2) is 0 Å². The third kappa shape index (κ3) is 1.71. The highest BCUT2D eigenvalue weighted by atomic mass is 32.2. The van der Waals surface area contributed by atoms with E-state index < -0.39 is 5.91 Å². The van der Waals surface area contributed by atoms with Gasteiger partial charge in [-0.1, -0.05) is 0 Å². The van der Waals surface area contributed by atoms with Crippen LogP contribution in [0, 0.1) is 0 Å². The van der Waals surface area contributed by atoms with E-state index in [2.05, 4.69) is 0 Å². The summed E-state index contributed by atoms with van der Waals surface area (Å²) in [5.41, 5.74) is 5.46. The van der Waals surface area contributed by atoms with Crippen LogP contribution in [0.2, 0.25) is 0 Å². The molecule has 0 heterocycles. The Morgan fingerprint density at radius 3 is 2.75 bits per heavy atom. The number of amides is 1. The zero-order valence-corrected chi connectivity index (χ0v) is 7.39. The summed E-state index contributed by atoms with van der Waals surface area (Å²) in [7, 11) is 0. The Morgan fingerprint density at radius 1 is 1.58 bits per heavy atom. The molecule has 4 heteroatoms. The van der Waals surface area contributed by atoms with Crippen molar-refractivity contribution in [3.63, 3.8) is 0 Å². The van der Waals surface area contributed by atoms with Crippen LogP contribution in [-0.4, -0.2) is 17.3 Å². The standard InChI is InChI=1S/C8H9NO2S/c1-12-7-3-2-5(10)4-6(7)8(9)11/h2-4,10H,1H3,(H2,9,11). The SMILES string of the molecule is CSc1ccc(O)cc1C(N)=O. The number of phenolic OH excluding ortho intramolecular Hbond substituents is 1. The number of phenols is 1. The van der Waals surface area contributed by atoms with E-state index in [0.717, 1.165) is 4.90 Å². The molecule has 64 valence electrons. The van der Waals surface area contributed by atoms with Crippen molar-refractivity contribution in [2.45, 2.75) is 4.90 Å². The van der Waals surface area contributed by atoms with Gasteiger partial charge in [0.25, 0.3) is 0 Å². The maximum absolute atomic E-state index is 10.8. The van der Waals surface area contributed by atoms with Crippen LogP contribution in [0.1, 0.15) is 10.4 Å². The van der Waals surface area contributed by atoms with Crippen molar-refractivity contribution >= 4 is 17.7 Å². The predicted molar refractivity (Wildman–Crippen MR) is 48.4 cm³/mol. The first-order valence-corrected chi connectivity index (χ1v) is 4.54. The fourth-order valence-electron chi connectivity index (χ4n) is 0.889. The number of carbonyl (C=O) groups excluding carboxylic acids is 1. The van der Waals surface area contributed by atoms with Crippen LogP contribution in [0.25, 0.3) is 0 Å². The highest BCUT2D eigenvalue weighted by Crippen LogP contribution is 2.23. The van der Waals surface area contributed by atoms with E-state index in [0.29, 0.717) is 5.56 Å². The van der Waals surface area contributed by atoms with Gasteiger partial charge >= 0.3 is 0 Å². The summed E-state index contributed by atoms with van der Waals surface area (Å²) in [5.74, 6) is -0.461. The van der Waals surface area contributed by atoms with Gasteiger partial charge in [0.05, 0.1) is 5.56 Å². The number of aromatic hydroxyl groups is 1. The topological polar surface area (TPSA) is 63.3 Å². The summed E-state index contributed by atoms with van der Waals surface area (Å²) >= 11 is 1.42. The second-order valence-corrected chi connectivity index (χ2v) is 3.10. The third-order valence-electron chi connectivity index (χ3n) is 1.45. The van der Waals surface area contributed by atoms with Gasteiger partial charge in [0.1, 0.15) is 5.75 Å². The Bertz CT molecular complexity index is 312. The van der Waals surface area contributed by atoms with E-state index in [1.807, 2.05) is 6.26 Å². The first-order chi connectivity index (χ1) is 5.65. The molecule has 1 aromatic carbocycles. The van der Waals surface area contributed by atoms with Gasteiger partial charge in [-0.25, -0.2) is 0 Å². The van der Waals surface area contributed by atoms with Crippen molar-refractivity contribution in [2.75, 3.05) is 6.26 Å². The fraction of sp³-hybridized carbons (Fsp3) is 0.125. The van der Waals surface area contributed by atoms with Gasteiger partial charge in [-0.2, -0.15) is 0 Å². The third-order valence-corrected chi connectivity index (χ3v) is 2.24. The molecule has 1 aromatic rings. The first kappa shape index (κ1) is 8.93. The molecule has 0 saturated heterocycles. The van der Waals surface area contributed by atoms with E-state index in [-0.39, 0.29) is 5.75 Å². The minimum absolute atomic E-state index is 0.0570. The molecule has 0 bridgehead atoms. The number of rotatable bonds is 2. The lowest BCUT2D eigenvalue weighted by Crippen LogP contribution is -2.11. The van der Waals surface area contributed by atoms with Crippen LogP contribution in [0.4, 0.5) is 0 Å².